The number of hydrogen-bond acceptors (Lipinski definition) is 22. The third-order valence-corrected chi connectivity index (χ3v) is 14.7. The minimum atomic E-state index is -0.612. The Morgan fingerprint density at radius 2 is 1.01 bits per heavy atom. The quantitative estimate of drug-likeness (QED) is 0.0382. The minimum absolute atomic E-state index is 0. The molecule has 0 unspecified atom stereocenters. The number of nitro groups is 2. The Balaban J connectivity index is 0.000000198. The Morgan fingerprint density at radius 1 is 0.543 bits per heavy atom. The van der Waals surface area contributed by atoms with Crippen molar-refractivity contribution in [3.8, 4) is 22.9 Å². The van der Waals surface area contributed by atoms with Crippen molar-refractivity contribution in [2.24, 2.45) is 0 Å². The fourth-order valence-electron chi connectivity index (χ4n) is 9.65. The zero-order valence-electron chi connectivity index (χ0n) is 49.2. The zero-order valence-corrected chi connectivity index (χ0v) is 50.0. The lowest BCUT2D eigenvalue weighted by Crippen LogP contribution is -2.34. The van der Waals surface area contributed by atoms with Crippen LogP contribution in [0, 0.1) is 41.0 Å². The summed E-state index contributed by atoms with van der Waals surface area (Å²) < 4.78 is 17.8. The van der Waals surface area contributed by atoms with E-state index in [4.69, 9.17) is 42.5 Å². The van der Waals surface area contributed by atoms with E-state index < -0.39 is 9.85 Å². The number of ether oxygens (including phenoxy) is 2. The van der Waals surface area contributed by atoms with Gasteiger partial charge in [0.1, 0.15) is 76.9 Å². The predicted molar refractivity (Wildman–Crippen MR) is 363 cm³/mol. The Hall–Kier alpha value is -11.3. The molecule has 3 aliphatic rings. The standard InChI is InChI=1S/C25H23N7O.C14H12O2.C11H13N7O2.C6H10N4.C5H4ClN3O2.4CH4/c1-17-29-30-23-15-31(13-14-32(17)23)22-12-11-21-25(27-22)28-24(26-21)19-7-9-20(10-8-19)33-16-18-5-3-2-4-6-18;15-10-12-6-8-14(9-7-12)16-11-13-4-2-1-3-5-13;1-7-14-15-10-6-16(4-5-17(7)10)9-3-2-8(18(19)20)11(12)13-9;1-5-8-9-6-4-7-2-3-10(5)6;6-4-2-1-3(9(10)11)5(7)8-4;;;;/h2-12H,13-16H2,1H3,(H,26,27,28);1-10H,11H2;2-3H,4-6H2,1H3,(H2,12,13);7H,2-4H2,1H3;1-2H,(H2,7,8);4*1H4. The van der Waals surface area contributed by atoms with Gasteiger partial charge >= 0.3 is 11.4 Å². The number of anilines is 4. The third kappa shape index (κ3) is 18.2. The molecule has 10 heterocycles. The van der Waals surface area contributed by atoms with E-state index in [0.29, 0.717) is 43.3 Å². The highest BCUT2D eigenvalue weighted by Crippen LogP contribution is 2.28. The molecule has 0 bridgehead atoms. The lowest BCUT2D eigenvalue weighted by molar-refractivity contribution is -0.384. The number of carbonyl (C=O) groups is 1. The molecule has 492 valence electrons. The first kappa shape index (κ1) is 71.8. The predicted octanol–water partition coefficient (Wildman–Crippen LogP) is 11.2. The molecule has 14 rings (SSSR count). The number of benzene rings is 4. The Bertz CT molecular complexity index is 4240. The average molecular weight is 1300 g/mol. The van der Waals surface area contributed by atoms with Gasteiger partial charge in [0.2, 0.25) is 11.6 Å². The van der Waals surface area contributed by atoms with Crippen LogP contribution in [-0.2, 0) is 52.5 Å². The maximum Gasteiger partial charge on any atom is 0.311 e. The van der Waals surface area contributed by atoms with E-state index in [1.807, 2.05) is 115 Å². The molecule has 4 aromatic carbocycles. The maximum atomic E-state index is 10.7. The van der Waals surface area contributed by atoms with Crippen molar-refractivity contribution in [3.63, 3.8) is 0 Å². The summed E-state index contributed by atoms with van der Waals surface area (Å²) >= 11 is 5.41. The number of nitrogens with one attached hydrogen (secondary N) is 2. The first-order valence-corrected chi connectivity index (χ1v) is 28.7. The summed E-state index contributed by atoms with van der Waals surface area (Å²) in [5, 5.41) is 48.9. The van der Waals surface area contributed by atoms with Crippen molar-refractivity contribution in [1.82, 2.24) is 74.5 Å². The van der Waals surface area contributed by atoms with Crippen LogP contribution in [0.4, 0.5) is 34.6 Å². The monoisotopic (exact) mass is 1300 g/mol. The van der Waals surface area contributed by atoms with E-state index in [9.17, 15) is 25.0 Å². The van der Waals surface area contributed by atoms with Crippen LogP contribution in [0.2, 0.25) is 5.15 Å². The fourth-order valence-corrected chi connectivity index (χ4v) is 9.80. The van der Waals surface area contributed by atoms with Gasteiger partial charge in [-0.05, 0) is 105 Å². The summed E-state index contributed by atoms with van der Waals surface area (Å²) in [5.74, 6) is 9.42. The summed E-state index contributed by atoms with van der Waals surface area (Å²) in [7, 11) is 0. The number of rotatable bonds is 12. The van der Waals surface area contributed by atoms with Crippen LogP contribution < -0.4 is 36.1 Å². The van der Waals surface area contributed by atoms with Crippen molar-refractivity contribution in [1.29, 1.82) is 0 Å². The number of H-pyrrole nitrogens is 1. The summed E-state index contributed by atoms with van der Waals surface area (Å²) in [4.78, 5) is 54.9. The second kappa shape index (κ2) is 33.7. The van der Waals surface area contributed by atoms with Gasteiger partial charge in [0, 0.05) is 62.5 Å². The molecule has 0 aliphatic carbocycles. The van der Waals surface area contributed by atoms with Crippen LogP contribution in [-0.4, -0.2) is 105 Å². The molecule has 0 saturated carbocycles. The number of aryl methyl sites for hydroxylation is 3. The molecule has 0 radical (unpaired) electrons. The number of hydrogen-bond donors (Lipinski definition) is 4. The average Bonchev–Trinajstić information content (AvgIpc) is 1.60. The molecule has 11 aromatic rings. The topological polar surface area (TPSA) is 352 Å². The van der Waals surface area contributed by atoms with Crippen LogP contribution >= 0.6 is 11.6 Å². The zero-order chi connectivity index (χ0) is 63.1. The number of nitrogens with zero attached hydrogens (tertiary/aromatic N) is 17. The number of halogens is 1. The largest absolute Gasteiger partial charge is 0.489 e. The van der Waals surface area contributed by atoms with Crippen molar-refractivity contribution in [3.05, 3.63) is 223 Å². The molecule has 0 fully saturated rings. The van der Waals surface area contributed by atoms with Crippen LogP contribution in [0.3, 0.4) is 0 Å². The van der Waals surface area contributed by atoms with E-state index in [2.05, 4.69) is 77.0 Å². The van der Waals surface area contributed by atoms with Gasteiger partial charge in [-0.2, -0.15) is 0 Å². The van der Waals surface area contributed by atoms with Gasteiger partial charge in [0.25, 0.3) is 0 Å². The maximum absolute atomic E-state index is 10.7. The lowest BCUT2D eigenvalue weighted by atomic mass is 10.2. The van der Waals surface area contributed by atoms with Crippen molar-refractivity contribution < 1.29 is 24.1 Å². The van der Waals surface area contributed by atoms with Gasteiger partial charge in [-0.25, -0.2) is 19.9 Å². The van der Waals surface area contributed by atoms with E-state index in [0.717, 1.165) is 132 Å². The van der Waals surface area contributed by atoms with Gasteiger partial charge in [-0.15, -0.1) is 30.6 Å². The molecule has 94 heavy (non-hydrogen) atoms. The minimum Gasteiger partial charge on any atom is -0.489 e. The highest BCUT2D eigenvalue weighted by atomic mass is 35.5. The Kier molecular flexibility index (Phi) is 25.7. The summed E-state index contributed by atoms with van der Waals surface area (Å²) in [6.07, 6.45) is 0.820. The molecule has 0 atom stereocenters. The normalized spacial score (nSPS) is 12.3. The number of nitrogen functional groups attached to an aromatic ring is 2. The molecule has 3 aliphatic heterocycles. The summed E-state index contributed by atoms with van der Waals surface area (Å²) in [6, 6.07) is 44.7. The summed E-state index contributed by atoms with van der Waals surface area (Å²) in [5.41, 5.74) is 15.9. The van der Waals surface area contributed by atoms with E-state index in [1.54, 1.807) is 30.3 Å². The number of aromatic nitrogens is 14. The highest BCUT2D eigenvalue weighted by molar-refractivity contribution is 6.29. The van der Waals surface area contributed by atoms with Crippen molar-refractivity contribution in [2.75, 3.05) is 40.9 Å². The molecular formula is C65H78ClN21O7. The van der Waals surface area contributed by atoms with Crippen molar-refractivity contribution >= 4 is 63.7 Å². The first-order valence-electron chi connectivity index (χ1n) is 28.4. The molecular weight excluding hydrogens is 1220 g/mol. The van der Waals surface area contributed by atoms with Crippen LogP contribution in [0.5, 0.6) is 11.5 Å². The molecule has 0 amide bonds. The SMILES string of the molecule is C.C.C.C.Cc1nnc2n1CCN(c1ccc([N+](=O)[O-])c(N)n1)C2.Cc1nnc2n1CCN(c1ccc3[nH]c(-c4ccc(OCc5ccccc5)cc4)nc3n1)C2.Cc1nnc2n1CCNC2.Nc1nc(Cl)ccc1[N+](=O)[O-].O=Cc1ccc(OCc2ccccc2)cc1. The van der Waals surface area contributed by atoms with Gasteiger partial charge in [-0.1, -0.05) is 102 Å². The Labute approximate surface area is 549 Å². The van der Waals surface area contributed by atoms with Gasteiger partial charge in [-0.3, -0.25) is 25.0 Å². The first-order chi connectivity index (χ1) is 43.7. The second-order valence-corrected chi connectivity index (χ2v) is 20.9. The van der Waals surface area contributed by atoms with Gasteiger partial charge in [0.15, 0.2) is 17.3 Å². The molecule has 0 saturated heterocycles. The van der Waals surface area contributed by atoms with E-state index >= 15 is 0 Å². The second-order valence-electron chi connectivity index (χ2n) is 20.5. The van der Waals surface area contributed by atoms with Crippen LogP contribution in [0.15, 0.2) is 146 Å². The highest BCUT2D eigenvalue weighted by Gasteiger charge is 2.24. The molecule has 0 spiro atoms. The van der Waals surface area contributed by atoms with E-state index in [1.165, 1.54) is 18.2 Å². The third-order valence-electron chi connectivity index (χ3n) is 14.5. The Morgan fingerprint density at radius 3 is 1.50 bits per heavy atom. The fraction of sp³-hybridized carbons (Fsp3) is 0.277. The van der Waals surface area contributed by atoms with Crippen LogP contribution in [0.25, 0.3) is 22.6 Å². The molecule has 29 heteroatoms. The number of pyridine rings is 3. The number of carbonyl (C=O) groups excluding carboxylic acids is 1. The number of fused-ring (bicyclic) bond motifs is 4. The molecule has 6 N–H and O–H groups in total. The van der Waals surface area contributed by atoms with Crippen molar-refractivity contribution in [2.45, 2.75) is 103 Å². The van der Waals surface area contributed by atoms with Gasteiger partial charge in [0.05, 0.1) is 35.0 Å². The lowest BCUT2D eigenvalue weighted by Gasteiger charge is -2.28. The molecule has 28 nitrogen and oxygen atoms in total. The summed E-state index contributed by atoms with van der Waals surface area (Å²) in [6.45, 7) is 14.4. The number of nitrogens with two attached hydrogens (primary N) is 2. The smallest absolute Gasteiger partial charge is 0.311 e. The van der Waals surface area contributed by atoms with E-state index in [-0.39, 0.29) is 57.9 Å². The van der Waals surface area contributed by atoms with Gasteiger partial charge < -0.3 is 54.7 Å². The molecule has 7 aromatic heterocycles. The number of aldehydes is 1. The number of aromatic amines is 1. The number of imidazole rings is 1. The van der Waals surface area contributed by atoms with Crippen LogP contribution in [0.1, 0.15) is 86.1 Å².